The molecule has 1 unspecified atom stereocenters. The second-order valence-corrected chi connectivity index (χ2v) is 10.9. The predicted octanol–water partition coefficient (Wildman–Crippen LogP) is 0.330. The number of hydrogen-bond donors (Lipinski definition) is 3. The lowest BCUT2D eigenvalue weighted by Gasteiger charge is -2.31. The molecule has 45 heavy (non-hydrogen) atoms. The van der Waals surface area contributed by atoms with Crippen molar-refractivity contribution in [2.45, 2.75) is 70.4 Å². The Morgan fingerprint density at radius 3 is 1.16 bits per heavy atom. The van der Waals surface area contributed by atoms with E-state index in [1.54, 1.807) is 28.1 Å². The zero-order chi connectivity index (χ0) is 33.1. The Balaban J connectivity index is 2.77. The van der Waals surface area contributed by atoms with E-state index in [9.17, 15) is 19.2 Å². The van der Waals surface area contributed by atoms with Crippen molar-refractivity contribution in [3.05, 3.63) is 0 Å². The summed E-state index contributed by atoms with van der Waals surface area (Å²) >= 11 is 0. The SMILES string of the molecule is CCOC(=O)CC(CC(=O)NC)N1CCCOCCOCCCN(C(CC(=O)NC)CC(=O)NC)CCCOCCOCCC1. The highest BCUT2D eigenvalue weighted by Gasteiger charge is 2.25. The van der Waals surface area contributed by atoms with Crippen LogP contribution in [0.1, 0.15) is 58.3 Å². The van der Waals surface area contributed by atoms with Crippen LogP contribution < -0.4 is 16.0 Å². The standard InChI is InChI=1S/C31H59N5O9/c1-5-45-31(40)25-27(24-30(39)34-4)36-12-8-16-43-20-18-41-14-6-10-35(11-7-15-42-19-21-44-17-9-13-36)26(22-28(37)32-2)23-29(38)33-3/h26-27H,5-25H2,1-4H3,(H,32,37)(H,33,38)(H,34,39). The normalized spacial score (nSPS) is 19.0. The average molecular weight is 646 g/mol. The fourth-order valence-electron chi connectivity index (χ4n) is 5.10. The lowest BCUT2D eigenvalue weighted by molar-refractivity contribution is -0.145. The molecule has 1 aliphatic heterocycles. The van der Waals surface area contributed by atoms with Crippen LogP contribution >= 0.6 is 0 Å². The molecule has 262 valence electrons. The molecule has 1 fully saturated rings. The van der Waals surface area contributed by atoms with E-state index < -0.39 is 0 Å². The maximum absolute atomic E-state index is 12.3. The molecular weight excluding hydrogens is 586 g/mol. The van der Waals surface area contributed by atoms with E-state index in [4.69, 9.17) is 23.7 Å². The van der Waals surface area contributed by atoms with Gasteiger partial charge in [-0.15, -0.1) is 0 Å². The highest BCUT2D eigenvalue weighted by molar-refractivity contribution is 5.80. The Kier molecular flexibility index (Phi) is 24.2. The van der Waals surface area contributed by atoms with E-state index in [1.165, 1.54) is 0 Å². The first-order valence-corrected chi connectivity index (χ1v) is 16.4. The van der Waals surface area contributed by atoms with Gasteiger partial charge in [-0.2, -0.15) is 0 Å². The van der Waals surface area contributed by atoms with Crippen LogP contribution in [0.4, 0.5) is 0 Å². The van der Waals surface area contributed by atoms with Gasteiger partial charge in [-0.25, -0.2) is 0 Å². The van der Waals surface area contributed by atoms with Gasteiger partial charge >= 0.3 is 5.97 Å². The molecule has 0 bridgehead atoms. The highest BCUT2D eigenvalue weighted by Crippen LogP contribution is 2.14. The Morgan fingerprint density at radius 2 is 0.867 bits per heavy atom. The maximum Gasteiger partial charge on any atom is 0.307 e. The van der Waals surface area contributed by atoms with Crippen molar-refractivity contribution in [1.82, 2.24) is 25.8 Å². The summed E-state index contributed by atoms with van der Waals surface area (Å²) in [4.78, 5) is 53.3. The summed E-state index contributed by atoms with van der Waals surface area (Å²) in [5, 5.41) is 8.00. The minimum absolute atomic E-state index is 0.104. The van der Waals surface area contributed by atoms with E-state index in [2.05, 4.69) is 25.8 Å². The fraction of sp³-hybridized carbons (Fsp3) is 0.871. The van der Waals surface area contributed by atoms with Gasteiger partial charge in [-0.05, 0) is 32.6 Å². The molecule has 0 aliphatic carbocycles. The van der Waals surface area contributed by atoms with Gasteiger partial charge in [0.2, 0.25) is 17.7 Å². The first-order chi connectivity index (χ1) is 21.8. The van der Waals surface area contributed by atoms with Crippen molar-refractivity contribution in [2.24, 2.45) is 0 Å². The quantitative estimate of drug-likeness (QED) is 0.266. The third-order valence-electron chi connectivity index (χ3n) is 7.52. The molecule has 0 aromatic carbocycles. The smallest absolute Gasteiger partial charge is 0.307 e. The number of rotatable bonds is 11. The minimum Gasteiger partial charge on any atom is -0.466 e. The molecule has 0 aromatic heterocycles. The molecule has 1 rings (SSSR count). The van der Waals surface area contributed by atoms with Crippen LogP contribution in [-0.2, 0) is 42.9 Å². The Labute approximate surface area is 269 Å². The molecule has 1 saturated heterocycles. The van der Waals surface area contributed by atoms with E-state index >= 15 is 0 Å². The van der Waals surface area contributed by atoms with Crippen molar-refractivity contribution in [3.8, 4) is 0 Å². The van der Waals surface area contributed by atoms with E-state index in [-0.39, 0.29) is 61.5 Å². The Hall–Kier alpha value is -2.36. The third-order valence-corrected chi connectivity index (χ3v) is 7.52. The Bertz CT molecular complexity index is 778. The molecule has 0 spiro atoms. The summed E-state index contributed by atoms with van der Waals surface area (Å²) in [5.74, 6) is -0.648. The number of nitrogens with one attached hydrogen (secondary N) is 3. The zero-order valence-corrected chi connectivity index (χ0v) is 28.1. The summed E-state index contributed by atoms with van der Waals surface area (Å²) in [6.45, 7) is 8.68. The average Bonchev–Trinajstić information content (AvgIpc) is 3.03. The van der Waals surface area contributed by atoms with E-state index in [0.29, 0.717) is 85.6 Å². The van der Waals surface area contributed by atoms with Crippen LogP contribution in [0.2, 0.25) is 0 Å². The molecule has 0 aromatic rings. The van der Waals surface area contributed by atoms with Crippen molar-refractivity contribution < 1.29 is 42.9 Å². The van der Waals surface area contributed by atoms with Crippen LogP contribution in [-0.4, -0.2) is 152 Å². The highest BCUT2D eigenvalue weighted by atomic mass is 16.5. The van der Waals surface area contributed by atoms with Crippen LogP contribution in [0.15, 0.2) is 0 Å². The van der Waals surface area contributed by atoms with Crippen LogP contribution in [0, 0.1) is 0 Å². The molecule has 1 atom stereocenters. The molecule has 0 saturated carbocycles. The van der Waals surface area contributed by atoms with Crippen molar-refractivity contribution >= 4 is 23.7 Å². The molecule has 3 N–H and O–H groups in total. The lowest BCUT2D eigenvalue weighted by Crippen LogP contribution is -2.43. The number of nitrogens with zero attached hydrogens (tertiary/aromatic N) is 2. The topological polar surface area (TPSA) is 157 Å². The molecule has 1 heterocycles. The largest absolute Gasteiger partial charge is 0.466 e. The van der Waals surface area contributed by atoms with Gasteiger partial charge in [0.25, 0.3) is 0 Å². The van der Waals surface area contributed by atoms with Gasteiger partial charge in [0.1, 0.15) is 0 Å². The third kappa shape index (κ3) is 20.4. The van der Waals surface area contributed by atoms with Crippen LogP contribution in [0.5, 0.6) is 0 Å². The molecule has 3 amide bonds. The van der Waals surface area contributed by atoms with Gasteiger partial charge in [-0.1, -0.05) is 0 Å². The number of carbonyl (C=O) groups is 4. The molecule has 0 radical (unpaired) electrons. The lowest BCUT2D eigenvalue weighted by atomic mass is 10.1. The molecule has 1 aliphatic rings. The summed E-state index contributed by atoms with van der Waals surface area (Å²) in [6, 6.07) is -0.511. The first-order valence-electron chi connectivity index (χ1n) is 16.4. The van der Waals surface area contributed by atoms with E-state index in [0.717, 1.165) is 25.7 Å². The second-order valence-electron chi connectivity index (χ2n) is 10.9. The first kappa shape index (κ1) is 40.7. The molecule has 14 heteroatoms. The number of carbonyl (C=O) groups excluding carboxylic acids is 4. The van der Waals surface area contributed by atoms with Crippen molar-refractivity contribution in [1.29, 1.82) is 0 Å². The molecule has 14 nitrogen and oxygen atoms in total. The maximum atomic E-state index is 12.3. The second kappa shape index (κ2) is 26.8. The summed E-state index contributed by atoms with van der Waals surface area (Å²) < 4.78 is 28.4. The van der Waals surface area contributed by atoms with Crippen molar-refractivity contribution in [2.75, 3.05) is 107 Å². The van der Waals surface area contributed by atoms with Gasteiger partial charge in [0, 0.05) is 105 Å². The number of hydrogen-bond acceptors (Lipinski definition) is 11. The summed E-state index contributed by atoms with van der Waals surface area (Å²) in [6.07, 6.45) is 3.77. The van der Waals surface area contributed by atoms with Crippen LogP contribution in [0.25, 0.3) is 0 Å². The monoisotopic (exact) mass is 645 g/mol. The van der Waals surface area contributed by atoms with Crippen LogP contribution in [0.3, 0.4) is 0 Å². The summed E-state index contributed by atoms with van der Waals surface area (Å²) in [7, 11) is 4.80. The molecular formula is C31H59N5O9. The van der Waals surface area contributed by atoms with E-state index in [1.807, 2.05) is 0 Å². The van der Waals surface area contributed by atoms with Gasteiger partial charge in [-0.3, -0.25) is 29.0 Å². The van der Waals surface area contributed by atoms with Crippen molar-refractivity contribution in [3.63, 3.8) is 0 Å². The fourth-order valence-corrected chi connectivity index (χ4v) is 5.10. The van der Waals surface area contributed by atoms with Gasteiger partial charge < -0.3 is 39.6 Å². The predicted molar refractivity (Wildman–Crippen MR) is 170 cm³/mol. The number of ether oxygens (including phenoxy) is 5. The summed E-state index contributed by atoms with van der Waals surface area (Å²) in [5.41, 5.74) is 0. The zero-order valence-electron chi connectivity index (χ0n) is 28.1. The number of amides is 3. The Morgan fingerprint density at radius 1 is 0.556 bits per heavy atom. The van der Waals surface area contributed by atoms with Gasteiger partial charge in [0.05, 0.1) is 39.5 Å². The number of esters is 1. The minimum atomic E-state index is -0.317. The van der Waals surface area contributed by atoms with Gasteiger partial charge in [0.15, 0.2) is 0 Å².